The number of piperazine rings is 1. The first-order chi connectivity index (χ1) is 17.1. The van der Waals surface area contributed by atoms with Gasteiger partial charge in [-0.15, -0.1) is 0 Å². The summed E-state index contributed by atoms with van der Waals surface area (Å²) < 4.78 is 0. The minimum Gasteiger partial charge on any atom is -0.351 e. The number of carbonyl (C=O) groups is 2. The number of H-pyrrole nitrogens is 1. The first-order valence-electron chi connectivity index (χ1n) is 12.4. The number of carbonyl (C=O) groups excluding carboxylic acids is 2. The quantitative estimate of drug-likeness (QED) is 0.430. The number of hydrogen-bond donors (Lipinski definition) is 1. The Bertz CT molecular complexity index is 1360. The number of rotatable bonds is 6. The number of hydrogen-bond acceptors (Lipinski definition) is 2. The number of nitrogens with zero attached hydrogens (tertiary/aromatic N) is 2. The Morgan fingerprint density at radius 1 is 0.886 bits per heavy atom. The lowest BCUT2D eigenvalue weighted by Crippen LogP contribution is -2.58. The van der Waals surface area contributed by atoms with Crippen LogP contribution in [0.25, 0.3) is 10.9 Å². The van der Waals surface area contributed by atoms with Gasteiger partial charge in [-0.1, -0.05) is 66.7 Å². The monoisotopic (exact) mass is 463 g/mol. The van der Waals surface area contributed by atoms with Crippen LogP contribution in [0.1, 0.15) is 45.9 Å². The first-order valence-corrected chi connectivity index (χ1v) is 12.4. The van der Waals surface area contributed by atoms with E-state index < -0.39 is 0 Å². The van der Waals surface area contributed by atoms with Crippen molar-refractivity contribution in [2.75, 3.05) is 13.1 Å². The van der Waals surface area contributed by atoms with Crippen molar-refractivity contribution in [2.24, 2.45) is 0 Å². The van der Waals surface area contributed by atoms with Gasteiger partial charge < -0.3 is 14.8 Å². The molecule has 1 N–H and O–H groups in total. The second kappa shape index (κ2) is 9.06. The Labute approximate surface area is 205 Å². The molecule has 2 aliphatic rings. The molecule has 1 aliphatic heterocycles. The van der Waals surface area contributed by atoms with Crippen LogP contribution in [0.3, 0.4) is 0 Å². The van der Waals surface area contributed by atoms with Gasteiger partial charge in [-0.3, -0.25) is 9.59 Å². The third-order valence-electron chi connectivity index (χ3n) is 7.24. The van der Waals surface area contributed by atoms with E-state index in [1.165, 1.54) is 18.4 Å². The molecule has 0 unspecified atom stereocenters. The summed E-state index contributed by atoms with van der Waals surface area (Å²) >= 11 is 0. The molecule has 2 amide bonds. The normalized spacial score (nSPS) is 18.3. The Kier molecular flexibility index (Phi) is 5.61. The van der Waals surface area contributed by atoms with Crippen molar-refractivity contribution in [3.8, 4) is 0 Å². The largest absolute Gasteiger partial charge is 0.351 e. The van der Waals surface area contributed by atoms with E-state index in [1.54, 1.807) is 4.90 Å². The van der Waals surface area contributed by atoms with Crippen molar-refractivity contribution < 1.29 is 9.59 Å². The van der Waals surface area contributed by atoms with E-state index in [0.717, 1.165) is 22.0 Å². The van der Waals surface area contributed by atoms with Gasteiger partial charge in [0.25, 0.3) is 5.91 Å². The van der Waals surface area contributed by atoms with Crippen molar-refractivity contribution >= 4 is 22.7 Å². The molecular formula is C30H29N3O2. The molecule has 0 bridgehead atoms. The number of fused-ring (bicyclic) bond motifs is 1. The summed E-state index contributed by atoms with van der Waals surface area (Å²) in [4.78, 5) is 33.8. The van der Waals surface area contributed by atoms with Gasteiger partial charge in [-0.25, -0.2) is 0 Å². The predicted molar refractivity (Wildman–Crippen MR) is 137 cm³/mol. The minimum absolute atomic E-state index is 0.0125. The summed E-state index contributed by atoms with van der Waals surface area (Å²) in [5.41, 5.74) is 5.13. The van der Waals surface area contributed by atoms with Crippen LogP contribution in [0.5, 0.6) is 0 Å². The van der Waals surface area contributed by atoms with E-state index >= 15 is 0 Å². The molecule has 6 rings (SSSR count). The Morgan fingerprint density at radius 3 is 2.31 bits per heavy atom. The predicted octanol–water partition coefficient (Wildman–Crippen LogP) is 5.14. The molecule has 2 fully saturated rings. The molecule has 1 aromatic heterocycles. The molecule has 176 valence electrons. The summed E-state index contributed by atoms with van der Waals surface area (Å²) in [5, 5.41) is 1.06. The van der Waals surface area contributed by atoms with Gasteiger partial charge in [0.2, 0.25) is 5.91 Å². The van der Waals surface area contributed by atoms with Crippen LogP contribution in [0.2, 0.25) is 0 Å². The standard InChI is InChI=1S/C30H29N3O2/c34-29-20-32(30(35)28-17-25-16-24(23-11-12-23)13-14-27(25)31-28)19-26(15-21-7-3-1-4-8-21)33(29)18-22-9-5-2-6-10-22/h1-10,13-14,16-17,23,26,31H,11-12,15,18-20H2/t26-/m0/s1. The summed E-state index contributed by atoms with van der Waals surface area (Å²) in [7, 11) is 0. The lowest BCUT2D eigenvalue weighted by molar-refractivity contribution is -0.139. The average Bonchev–Trinajstić information content (AvgIpc) is 3.65. The molecule has 1 atom stereocenters. The van der Waals surface area contributed by atoms with E-state index in [1.807, 2.05) is 59.5 Å². The minimum atomic E-state index is -0.111. The zero-order valence-corrected chi connectivity index (χ0v) is 19.7. The zero-order chi connectivity index (χ0) is 23.8. The third kappa shape index (κ3) is 4.59. The number of benzene rings is 3. The molecule has 35 heavy (non-hydrogen) atoms. The molecular weight excluding hydrogens is 434 g/mol. The van der Waals surface area contributed by atoms with Crippen LogP contribution < -0.4 is 0 Å². The summed E-state index contributed by atoms with van der Waals surface area (Å²) in [6, 6.07) is 28.6. The Hall–Kier alpha value is -3.86. The van der Waals surface area contributed by atoms with E-state index in [2.05, 4.69) is 35.3 Å². The maximum absolute atomic E-state index is 13.5. The van der Waals surface area contributed by atoms with Crippen LogP contribution in [0, 0.1) is 0 Å². The highest BCUT2D eigenvalue weighted by atomic mass is 16.2. The van der Waals surface area contributed by atoms with Gasteiger partial charge in [0.05, 0.1) is 6.04 Å². The van der Waals surface area contributed by atoms with E-state index in [0.29, 0.717) is 31.1 Å². The third-order valence-corrected chi connectivity index (χ3v) is 7.24. The SMILES string of the molecule is O=C(c1cc2cc(C3CC3)ccc2[nH]1)N1CC(=O)N(Cc2ccccc2)[C@@H](Cc2ccccc2)C1. The van der Waals surface area contributed by atoms with Crippen LogP contribution >= 0.6 is 0 Å². The second-order valence-electron chi connectivity index (χ2n) is 9.84. The lowest BCUT2D eigenvalue weighted by Gasteiger charge is -2.41. The Balaban J connectivity index is 1.25. The van der Waals surface area contributed by atoms with Gasteiger partial charge in [0.15, 0.2) is 0 Å². The van der Waals surface area contributed by atoms with E-state index in [9.17, 15) is 9.59 Å². The molecule has 5 nitrogen and oxygen atoms in total. The maximum atomic E-state index is 13.5. The molecule has 1 saturated carbocycles. The lowest BCUT2D eigenvalue weighted by atomic mass is 10.0. The highest BCUT2D eigenvalue weighted by Crippen LogP contribution is 2.41. The smallest absolute Gasteiger partial charge is 0.270 e. The molecule has 1 aliphatic carbocycles. The number of aromatic amines is 1. The number of aromatic nitrogens is 1. The van der Waals surface area contributed by atoms with Crippen molar-refractivity contribution in [3.63, 3.8) is 0 Å². The molecule has 4 aromatic rings. The average molecular weight is 464 g/mol. The van der Waals surface area contributed by atoms with Crippen molar-refractivity contribution in [2.45, 2.75) is 37.8 Å². The topological polar surface area (TPSA) is 56.4 Å². The van der Waals surface area contributed by atoms with Crippen LogP contribution in [0.4, 0.5) is 0 Å². The van der Waals surface area contributed by atoms with Gasteiger partial charge in [-0.05, 0) is 60.1 Å². The molecule has 2 heterocycles. The van der Waals surface area contributed by atoms with Crippen molar-refractivity contribution in [1.29, 1.82) is 0 Å². The summed E-state index contributed by atoms with van der Waals surface area (Å²) in [5.74, 6) is 0.545. The molecule has 3 aromatic carbocycles. The van der Waals surface area contributed by atoms with Gasteiger partial charge >= 0.3 is 0 Å². The van der Waals surface area contributed by atoms with Gasteiger partial charge in [-0.2, -0.15) is 0 Å². The summed E-state index contributed by atoms with van der Waals surface area (Å²) in [6.07, 6.45) is 3.21. The van der Waals surface area contributed by atoms with Gasteiger partial charge in [0.1, 0.15) is 12.2 Å². The van der Waals surface area contributed by atoms with Crippen molar-refractivity contribution in [3.05, 3.63) is 107 Å². The molecule has 5 heteroatoms. The van der Waals surface area contributed by atoms with Crippen LogP contribution in [-0.4, -0.2) is 45.7 Å². The molecule has 0 spiro atoms. The fourth-order valence-electron chi connectivity index (χ4n) is 5.20. The number of nitrogens with one attached hydrogen (secondary N) is 1. The fourth-order valence-corrected chi connectivity index (χ4v) is 5.20. The second-order valence-corrected chi connectivity index (χ2v) is 9.84. The fraction of sp³-hybridized carbons (Fsp3) is 0.267. The number of amides is 2. The van der Waals surface area contributed by atoms with Gasteiger partial charge in [0, 0.05) is 24.0 Å². The van der Waals surface area contributed by atoms with Crippen LogP contribution in [-0.2, 0) is 17.8 Å². The highest BCUT2D eigenvalue weighted by molar-refractivity contribution is 6.00. The Morgan fingerprint density at radius 2 is 1.60 bits per heavy atom. The van der Waals surface area contributed by atoms with Crippen LogP contribution in [0.15, 0.2) is 84.9 Å². The van der Waals surface area contributed by atoms with E-state index in [-0.39, 0.29) is 24.4 Å². The maximum Gasteiger partial charge on any atom is 0.270 e. The zero-order valence-electron chi connectivity index (χ0n) is 19.7. The van der Waals surface area contributed by atoms with E-state index in [4.69, 9.17) is 0 Å². The summed E-state index contributed by atoms with van der Waals surface area (Å²) in [6.45, 7) is 1.16. The van der Waals surface area contributed by atoms with Crippen molar-refractivity contribution in [1.82, 2.24) is 14.8 Å². The highest BCUT2D eigenvalue weighted by Gasteiger charge is 2.35. The first kappa shape index (κ1) is 21.7. The molecule has 0 radical (unpaired) electrons. The molecule has 1 saturated heterocycles.